The minimum atomic E-state index is 0.186. The van der Waals surface area contributed by atoms with E-state index in [2.05, 4.69) is 19.2 Å². The summed E-state index contributed by atoms with van der Waals surface area (Å²) in [4.78, 5) is 13.0. The first-order valence-corrected chi connectivity index (χ1v) is 4.12. The summed E-state index contributed by atoms with van der Waals surface area (Å²) in [7, 11) is 0. The van der Waals surface area contributed by atoms with Crippen LogP contribution in [0.2, 0.25) is 0 Å². The summed E-state index contributed by atoms with van der Waals surface area (Å²) in [5.74, 6) is 0.186. The van der Waals surface area contributed by atoms with Crippen LogP contribution >= 0.6 is 0 Å². The van der Waals surface area contributed by atoms with Gasteiger partial charge in [0.2, 0.25) is 5.91 Å². The van der Waals surface area contributed by atoms with E-state index in [9.17, 15) is 4.79 Å². The van der Waals surface area contributed by atoms with E-state index in [1.54, 1.807) is 6.92 Å². The maximum atomic E-state index is 11.1. The topological polar surface area (TPSA) is 32.3 Å². The van der Waals surface area contributed by atoms with Crippen molar-refractivity contribution in [1.29, 1.82) is 0 Å². The molecule has 1 heterocycles. The summed E-state index contributed by atoms with van der Waals surface area (Å²) in [5.41, 5.74) is 0. The monoisotopic (exact) mass is 156 g/mol. The predicted molar refractivity (Wildman–Crippen MR) is 44.3 cm³/mol. The molecule has 1 amide bonds. The van der Waals surface area contributed by atoms with Crippen LogP contribution in [0, 0.1) is 0 Å². The molecule has 0 aliphatic carbocycles. The van der Waals surface area contributed by atoms with Crippen LogP contribution in [-0.2, 0) is 4.79 Å². The van der Waals surface area contributed by atoms with Crippen molar-refractivity contribution >= 4 is 5.91 Å². The lowest BCUT2D eigenvalue weighted by Gasteiger charge is -2.36. The lowest BCUT2D eigenvalue weighted by Crippen LogP contribution is -2.55. The fraction of sp³-hybridized carbons (Fsp3) is 0.875. The molecule has 0 aromatic rings. The Kier molecular flexibility index (Phi) is 2.49. The number of hydrogen-bond acceptors (Lipinski definition) is 2. The van der Waals surface area contributed by atoms with E-state index < -0.39 is 0 Å². The second-order valence-corrected chi connectivity index (χ2v) is 3.33. The summed E-state index contributed by atoms with van der Waals surface area (Å²) in [6, 6.07) is 0.791. The SMILES string of the molecule is CC(=O)N1C[C@H](C)NC[C@H]1C. The molecule has 1 N–H and O–H groups in total. The van der Waals surface area contributed by atoms with Gasteiger partial charge in [0.25, 0.3) is 0 Å². The smallest absolute Gasteiger partial charge is 0.219 e. The minimum absolute atomic E-state index is 0.186. The second kappa shape index (κ2) is 3.22. The highest BCUT2D eigenvalue weighted by atomic mass is 16.2. The number of nitrogens with zero attached hydrogens (tertiary/aromatic N) is 1. The maximum absolute atomic E-state index is 11.1. The Morgan fingerprint density at radius 3 is 2.64 bits per heavy atom. The number of carbonyl (C=O) groups is 1. The molecular formula is C8H16N2O. The van der Waals surface area contributed by atoms with Crippen LogP contribution in [0.1, 0.15) is 20.8 Å². The zero-order valence-electron chi connectivity index (χ0n) is 7.42. The molecule has 0 saturated carbocycles. The highest BCUT2D eigenvalue weighted by Gasteiger charge is 2.23. The van der Waals surface area contributed by atoms with Crippen molar-refractivity contribution in [2.75, 3.05) is 13.1 Å². The van der Waals surface area contributed by atoms with Gasteiger partial charge in [0, 0.05) is 32.1 Å². The van der Waals surface area contributed by atoms with Gasteiger partial charge in [-0.25, -0.2) is 0 Å². The van der Waals surface area contributed by atoms with Gasteiger partial charge in [0.1, 0.15) is 0 Å². The summed E-state index contributed by atoms with van der Waals surface area (Å²) in [6.45, 7) is 7.56. The normalized spacial score (nSPS) is 32.1. The van der Waals surface area contributed by atoms with Crippen LogP contribution in [0.4, 0.5) is 0 Å². The van der Waals surface area contributed by atoms with Crippen molar-refractivity contribution in [3.05, 3.63) is 0 Å². The van der Waals surface area contributed by atoms with Gasteiger partial charge in [-0.15, -0.1) is 0 Å². The van der Waals surface area contributed by atoms with Crippen LogP contribution in [0.5, 0.6) is 0 Å². The molecule has 64 valence electrons. The molecule has 0 radical (unpaired) electrons. The standard InChI is InChI=1S/C8H16N2O/c1-6-5-10(8(3)11)7(2)4-9-6/h6-7,9H,4-5H2,1-3H3/t6-,7+/m0/s1. The quantitative estimate of drug-likeness (QED) is 0.544. The molecule has 0 bridgehead atoms. The van der Waals surface area contributed by atoms with Crippen LogP contribution in [0.25, 0.3) is 0 Å². The van der Waals surface area contributed by atoms with Crippen LogP contribution in [0.3, 0.4) is 0 Å². The maximum Gasteiger partial charge on any atom is 0.219 e. The van der Waals surface area contributed by atoms with Gasteiger partial charge in [-0.3, -0.25) is 4.79 Å². The molecule has 0 unspecified atom stereocenters. The fourth-order valence-electron chi connectivity index (χ4n) is 1.46. The highest BCUT2D eigenvalue weighted by Crippen LogP contribution is 2.05. The predicted octanol–water partition coefficient (Wildman–Crippen LogP) is 0.215. The minimum Gasteiger partial charge on any atom is -0.337 e. The molecule has 2 atom stereocenters. The Morgan fingerprint density at radius 1 is 1.55 bits per heavy atom. The number of rotatable bonds is 0. The van der Waals surface area contributed by atoms with Gasteiger partial charge in [-0.2, -0.15) is 0 Å². The summed E-state index contributed by atoms with van der Waals surface area (Å²) in [5, 5.41) is 3.32. The first-order valence-electron chi connectivity index (χ1n) is 4.12. The Morgan fingerprint density at radius 2 is 2.18 bits per heavy atom. The lowest BCUT2D eigenvalue weighted by molar-refractivity contribution is -0.132. The average Bonchev–Trinajstić information content (AvgIpc) is 1.94. The van der Waals surface area contributed by atoms with Crippen molar-refractivity contribution in [3.8, 4) is 0 Å². The van der Waals surface area contributed by atoms with Crippen molar-refractivity contribution in [2.45, 2.75) is 32.9 Å². The van der Waals surface area contributed by atoms with E-state index in [0.717, 1.165) is 13.1 Å². The van der Waals surface area contributed by atoms with Gasteiger partial charge in [0.05, 0.1) is 0 Å². The lowest BCUT2D eigenvalue weighted by atomic mass is 10.1. The molecule has 3 heteroatoms. The number of nitrogens with one attached hydrogen (secondary N) is 1. The van der Waals surface area contributed by atoms with Crippen LogP contribution in [0.15, 0.2) is 0 Å². The van der Waals surface area contributed by atoms with E-state index in [4.69, 9.17) is 0 Å². The molecule has 11 heavy (non-hydrogen) atoms. The zero-order valence-corrected chi connectivity index (χ0v) is 7.42. The Bertz CT molecular complexity index is 158. The third-order valence-electron chi connectivity index (χ3n) is 2.17. The van der Waals surface area contributed by atoms with Gasteiger partial charge < -0.3 is 10.2 Å². The van der Waals surface area contributed by atoms with E-state index in [1.807, 2.05) is 4.90 Å². The number of piperazine rings is 1. The summed E-state index contributed by atoms with van der Waals surface area (Å²) in [6.07, 6.45) is 0. The molecule has 1 fully saturated rings. The number of carbonyl (C=O) groups excluding carboxylic acids is 1. The Hall–Kier alpha value is -0.570. The molecule has 0 aromatic heterocycles. The van der Waals surface area contributed by atoms with E-state index in [0.29, 0.717) is 12.1 Å². The molecule has 0 aromatic carbocycles. The van der Waals surface area contributed by atoms with E-state index in [1.165, 1.54) is 0 Å². The average molecular weight is 156 g/mol. The summed E-state index contributed by atoms with van der Waals surface area (Å²) >= 11 is 0. The van der Waals surface area contributed by atoms with Gasteiger partial charge in [-0.1, -0.05) is 0 Å². The zero-order chi connectivity index (χ0) is 8.43. The summed E-state index contributed by atoms with van der Waals surface area (Å²) < 4.78 is 0. The Labute approximate surface area is 67.8 Å². The van der Waals surface area contributed by atoms with Crippen molar-refractivity contribution in [2.24, 2.45) is 0 Å². The molecule has 1 rings (SSSR count). The van der Waals surface area contributed by atoms with Crippen LogP contribution < -0.4 is 5.32 Å². The first-order chi connectivity index (χ1) is 5.11. The van der Waals surface area contributed by atoms with Gasteiger partial charge >= 0.3 is 0 Å². The Balaban J connectivity index is 2.54. The molecule has 0 spiro atoms. The third kappa shape index (κ3) is 1.93. The highest BCUT2D eigenvalue weighted by molar-refractivity contribution is 5.73. The number of hydrogen-bond donors (Lipinski definition) is 1. The number of amides is 1. The van der Waals surface area contributed by atoms with E-state index >= 15 is 0 Å². The second-order valence-electron chi connectivity index (χ2n) is 3.33. The largest absolute Gasteiger partial charge is 0.337 e. The first kappa shape index (κ1) is 8.53. The molecule has 1 aliphatic rings. The fourth-order valence-corrected chi connectivity index (χ4v) is 1.46. The van der Waals surface area contributed by atoms with Gasteiger partial charge in [-0.05, 0) is 13.8 Å². The van der Waals surface area contributed by atoms with Crippen molar-refractivity contribution < 1.29 is 4.79 Å². The molecule has 3 nitrogen and oxygen atoms in total. The molecule has 1 aliphatic heterocycles. The molecule has 1 saturated heterocycles. The third-order valence-corrected chi connectivity index (χ3v) is 2.17. The van der Waals surface area contributed by atoms with Gasteiger partial charge in [0.15, 0.2) is 0 Å². The van der Waals surface area contributed by atoms with Crippen molar-refractivity contribution in [1.82, 2.24) is 10.2 Å². The van der Waals surface area contributed by atoms with Crippen molar-refractivity contribution in [3.63, 3.8) is 0 Å². The van der Waals surface area contributed by atoms with E-state index in [-0.39, 0.29) is 5.91 Å². The van der Waals surface area contributed by atoms with Crippen LogP contribution in [-0.4, -0.2) is 36.0 Å². The molecular weight excluding hydrogens is 140 g/mol.